The number of ether oxygens (including phenoxy) is 1. The molecule has 5 nitrogen and oxygen atoms in total. The zero-order valence-electron chi connectivity index (χ0n) is 16.1. The minimum atomic E-state index is -2.97. The highest BCUT2D eigenvalue weighted by Gasteiger charge is 2.36. The van der Waals surface area contributed by atoms with Crippen molar-refractivity contribution in [3.05, 3.63) is 24.3 Å². The van der Waals surface area contributed by atoms with E-state index in [1.807, 2.05) is 0 Å². The van der Waals surface area contributed by atoms with Crippen molar-refractivity contribution in [3.8, 4) is 5.75 Å². The van der Waals surface area contributed by atoms with Gasteiger partial charge in [0.25, 0.3) is 0 Å². The van der Waals surface area contributed by atoms with E-state index in [4.69, 9.17) is 4.74 Å². The molecule has 1 aromatic carbocycles. The number of rotatable bonds is 6. The Kier molecular flexibility index (Phi) is 5.93. The lowest BCUT2D eigenvalue weighted by Gasteiger charge is -2.33. The van der Waals surface area contributed by atoms with Crippen molar-refractivity contribution in [1.29, 1.82) is 0 Å². The highest BCUT2D eigenvalue weighted by molar-refractivity contribution is 7.89. The first kappa shape index (κ1) is 19.1. The van der Waals surface area contributed by atoms with Crippen LogP contribution in [0, 0.1) is 5.92 Å². The predicted molar refractivity (Wildman–Crippen MR) is 109 cm³/mol. The van der Waals surface area contributed by atoms with E-state index in [1.165, 1.54) is 25.7 Å². The van der Waals surface area contributed by atoms with E-state index in [-0.39, 0.29) is 6.04 Å². The summed E-state index contributed by atoms with van der Waals surface area (Å²) in [7, 11) is -2.97. The highest BCUT2D eigenvalue weighted by Crippen LogP contribution is 2.32. The second-order valence-electron chi connectivity index (χ2n) is 8.38. The van der Waals surface area contributed by atoms with Gasteiger partial charge in [0.15, 0.2) is 0 Å². The summed E-state index contributed by atoms with van der Waals surface area (Å²) >= 11 is 0. The molecular weight excluding hydrogens is 360 g/mol. The molecule has 1 saturated heterocycles. The van der Waals surface area contributed by atoms with E-state index >= 15 is 0 Å². The molecule has 6 heteroatoms. The van der Waals surface area contributed by atoms with Crippen LogP contribution in [-0.4, -0.2) is 43.7 Å². The maximum Gasteiger partial charge on any atom is 0.214 e. The highest BCUT2D eigenvalue weighted by atomic mass is 32.2. The Balaban J connectivity index is 1.21. The number of hydrogen-bond acceptors (Lipinski definition) is 4. The summed E-state index contributed by atoms with van der Waals surface area (Å²) in [5.74, 6) is 1.94. The fraction of sp³-hybridized carbons (Fsp3) is 0.714. The van der Waals surface area contributed by atoms with Crippen molar-refractivity contribution in [2.45, 2.75) is 69.9 Å². The van der Waals surface area contributed by atoms with Gasteiger partial charge in [-0.05, 0) is 88.0 Å². The van der Waals surface area contributed by atoms with Crippen LogP contribution >= 0.6 is 0 Å². The Morgan fingerprint density at radius 2 is 1.67 bits per heavy atom. The second-order valence-corrected chi connectivity index (χ2v) is 10.4. The van der Waals surface area contributed by atoms with Gasteiger partial charge in [-0.25, -0.2) is 8.42 Å². The second kappa shape index (κ2) is 8.39. The molecule has 27 heavy (non-hydrogen) atoms. The lowest BCUT2D eigenvalue weighted by Crippen LogP contribution is -2.39. The van der Waals surface area contributed by atoms with E-state index in [1.54, 1.807) is 4.31 Å². The van der Waals surface area contributed by atoms with Crippen LogP contribution in [0.4, 0.5) is 5.69 Å². The number of nitrogens with one attached hydrogen (secondary N) is 1. The van der Waals surface area contributed by atoms with Crippen LogP contribution in [0.5, 0.6) is 5.75 Å². The number of benzene rings is 1. The smallest absolute Gasteiger partial charge is 0.214 e. The quantitative estimate of drug-likeness (QED) is 0.794. The largest absolute Gasteiger partial charge is 0.490 e. The van der Waals surface area contributed by atoms with Crippen LogP contribution in [0.25, 0.3) is 0 Å². The fourth-order valence-electron chi connectivity index (χ4n) is 4.82. The van der Waals surface area contributed by atoms with Gasteiger partial charge in [0.2, 0.25) is 10.0 Å². The Hall–Kier alpha value is -1.27. The molecule has 2 aliphatic carbocycles. The molecule has 0 amide bonds. The molecule has 3 fully saturated rings. The third-order valence-corrected chi connectivity index (χ3v) is 8.42. The fourth-order valence-corrected chi connectivity index (χ4v) is 6.62. The van der Waals surface area contributed by atoms with E-state index < -0.39 is 10.0 Å². The number of hydrogen-bond donors (Lipinski definition) is 1. The molecule has 0 spiro atoms. The maximum atomic E-state index is 12.1. The molecule has 2 saturated carbocycles. The summed E-state index contributed by atoms with van der Waals surface area (Å²) in [4.78, 5) is 0. The molecule has 1 aromatic rings. The molecule has 150 valence electrons. The first-order valence-corrected chi connectivity index (χ1v) is 12.2. The number of nitrogens with zero attached hydrogens (tertiary/aromatic N) is 1. The molecule has 4 rings (SSSR count). The lowest BCUT2D eigenvalue weighted by molar-refractivity contribution is 0.210. The molecule has 1 N–H and O–H groups in total. The van der Waals surface area contributed by atoms with Crippen molar-refractivity contribution >= 4 is 15.7 Å². The zero-order valence-corrected chi connectivity index (χ0v) is 16.9. The summed E-state index contributed by atoms with van der Waals surface area (Å²) in [5.41, 5.74) is 1.14. The third-order valence-electron chi connectivity index (χ3n) is 6.42. The van der Waals surface area contributed by atoms with Crippen LogP contribution in [-0.2, 0) is 10.0 Å². The monoisotopic (exact) mass is 392 g/mol. The van der Waals surface area contributed by atoms with E-state index in [9.17, 15) is 8.42 Å². The van der Waals surface area contributed by atoms with E-state index in [0.29, 0.717) is 17.8 Å². The SMILES string of the molecule is O=S1(=O)CCCN1C1CCC(CNc2ccc(OC3CCCC3)cc2)CC1. The Morgan fingerprint density at radius 1 is 0.963 bits per heavy atom. The van der Waals surface area contributed by atoms with Crippen molar-refractivity contribution in [1.82, 2.24) is 4.31 Å². The van der Waals surface area contributed by atoms with E-state index in [0.717, 1.165) is 56.6 Å². The van der Waals surface area contributed by atoms with Crippen molar-refractivity contribution < 1.29 is 13.2 Å². The van der Waals surface area contributed by atoms with Gasteiger partial charge in [0.05, 0.1) is 11.9 Å². The van der Waals surface area contributed by atoms with Gasteiger partial charge in [0, 0.05) is 24.8 Å². The summed E-state index contributed by atoms with van der Waals surface area (Å²) in [5, 5.41) is 3.55. The lowest BCUT2D eigenvalue weighted by atomic mass is 9.86. The normalized spacial score (nSPS) is 29.0. The van der Waals surface area contributed by atoms with Crippen LogP contribution < -0.4 is 10.1 Å². The van der Waals surface area contributed by atoms with Crippen LogP contribution in [0.1, 0.15) is 57.8 Å². The van der Waals surface area contributed by atoms with Gasteiger partial charge in [-0.2, -0.15) is 4.31 Å². The maximum absolute atomic E-state index is 12.1. The molecule has 0 atom stereocenters. The minimum Gasteiger partial charge on any atom is -0.490 e. The van der Waals surface area contributed by atoms with Crippen molar-refractivity contribution in [3.63, 3.8) is 0 Å². The average Bonchev–Trinajstić information content (AvgIpc) is 3.30. The van der Waals surface area contributed by atoms with Gasteiger partial charge in [-0.1, -0.05) is 0 Å². The number of anilines is 1. The summed E-state index contributed by atoms with van der Waals surface area (Å²) in [6.45, 7) is 1.69. The minimum absolute atomic E-state index is 0.237. The zero-order chi connectivity index (χ0) is 18.7. The first-order valence-electron chi connectivity index (χ1n) is 10.6. The van der Waals surface area contributed by atoms with Gasteiger partial charge in [-0.15, -0.1) is 0 Å². The summed E-state index contributed by atoms with van der Waals surface area (Å²) in [6, 6.07) is 8.58. The molecule has 1 heterocycles. The molecule has 1 aliphatic heterocycles. The Bertz CT molecular complexity index is 705. The van der Waals surface area contributed by atoms with Gasteiger partial charge in [-0.3, -0.25) is 0 Å². The van der Waals surface area contributed by atoms with Crippen molar-refractivity contribution in [2.24, 2.45) is 5.92 Å². The van der Waals surface area contributed by atoms with Crippen LogP contribution in [0.15, 0.2) is 24.3 Å². The predicted octanol–water partition coefficient (Wildman–Crippen LogP) is 4.01. The van der Waals surface area contributed by atoms with Crippen LogP contribution in [0.2, 0.25) is 0 Å². The first-order chi connectivity index (χ1) is 13.1. The average molecular weight is 393 g/mol. The molecule has 0 radical (unpaired) electrons. The van der Waals surface area contributed by atoms with Gasteiger partial charge < -0.3 is 10.1 Å². The Morgan fingerprint density at radius 3 is 2.30 bits per heavy atom. The van der Waals surface area contributed by atoms with Gasteiger partial charge in [0.1, 0.15) is 5.75 Å². The molecular formula is C21H32N2O3S. The topological polar surface area (TPSA) is 58.6 Å². The standard InChI is InChI=1S/C21H32N2O3S/c24-27(25)15-3-14-23(27)19-10-6-17(7-11-19)16-22-18-8-12-21(13-9-18)26-20-4-1-2-5-20/h8-9,12-13,17,19-20,22H,1-7,10-11,14-16H2. The Labute approximate surface area is 163 Å². The summed E-state index contributed by atoms with van der Waals surface area (Å²) in [6.07, 6.45) is 10.3. The van der Waals surface area contributed by atoms with E-state index in [2.05, 4.69) is 29.6 Å². The van der Waals surface area contributed by atoms with Crippen LogP contribution in [0.3, 0.4) is 0 Å². The molecule has 0 bridgehead atoms. The third kappa shape index (κ3) is 4.77. The van der Waals surface area contributed by atoms with Gasteiger partial charge >= 0.3 is 0 Å². The molecule has 3 aliphatic rings. The van der Waals surface area contributed by atoms with Crippen molar-refractivity contribution in [2.75, 3.05) is 24.2 Å². The molecule has 0 unspecified atom stereocenters. The number of sulfonamides is 1. The summed E-state index contributed by atoms with van der Waals surface area (Å²) < 4.78 is 32.0. The molecule has 0 aromatic heterocycles.